The van der Waals surface area contributed by atoms with E-state index in [0.29, 0.717) is 22.6 Å². The average molecular weight is 618 g/mol. The number of sulfonamides is 1. The highest BCUT2D eigenvalue weighted by molar-refractivity contribution is 7.92. The molecule has 4 aromatic rings. The number of carbonyl (C=O) groups excluding carboxylic acids is 1. The largest absolute Gasteiger partial charge is 0.492 e. The molecule has 0 saturated heterocycles. The van der Waals surface area contributed by atoms with Crippen LogP contribution in [-0.4, -0.2) is 37.5 Å². The molecule has 0 saturated carbocycles. The van der Waals surface area contributed by atoms with Gasteiger partial charge in [-0.3, -0.25) is 14.5 Å². The molecule has 0 radical (unpaired) electrons. The Balaban J connectivity index is 1.65. The van der Waals surface area contributed by atoms with Gasteiger partial charge in [-0.15, -0.1) is 0 Å². The van der Waals surface area contributed by atoms with Crippen molar-refractivity contribution in [2.45, 2.75) is 40.0 Å². The number of aryl methyl sites for hydroxylation is 1. The molecule has 0 unspecified atom stereocenters. The smallest absolute Gasteiger partial charge is 0.255 e. The Morgan fingerprint density at radius 1 is 1.05 bits per heavy atom. The first-order valence-corrected chi connectivity index (χ1v) is 15.7. The summed E-state index contributed by atoms with van der Waals surface area (Å²) in [6, 6.07) is 18.3. The van der Waals surface area contributed by atoms with Gasteiger partial charge in [-0.1, -0.05) is 45.0 Å². The molecule has 11 nitrogen and oxygen atoms in total. The third-order valence-electron chi connectivity index (χ3n) is 7.05. The Morgan fingerprint density at radius 3 is 2.32 bits per heavy atom. The van der Waals surface area contributed by atoms with E-state index in [9.17, 15) is 13.2 Å². The van der Waals surface area contributed by atoms with Crippen LogP contribution in [0.4, 0.5) is 17.1 Å². The van der Waals surface area contributed by atoms with Crippen LogP contribution in [0.3, 0.4) is 0 Å². The number of benzene rings is 3. The van der Waals surface area contributed by atoms with Gasteiger partial charge in [0.1, 0.15) is 0 Å². The first-order chi connectivity index (χ1) is 20.6. The van der Waals surface area contributed by atoms with Crippen LogP contribution < -0.4 is 31.4 Å². The zero-order valence-corrected chi connectivity index (χ0v) is 26.8. The SMILES string of the molecule is COc1c(NC(=O)c2ccc(C)c(N(N)/C=C(\N)c3cnn(-c4ccccc4)c3C)c2)cc(C(C)(C)C)cc1NS(C)(=O)=O. The summed E-state index contributed by atoms with van der Waals surface area (Å²) in [5.41, 5.74) is 12.0. The minimum atomic E-state index is -3.62. The van der Waals surface area contributed by atoms with E-state index >= 15 is 0 Å². The van der Waals surface area contributed by atoms with Gasteiger partial charge in [-0.25, -0.2) is 18.9 Å². The van der Waals surface area contributed by atoms with Gasteiger partial charge < -0.3 is 15.8 Å². The lowest BCUT2D eigenvalue weighted by Gasteiger charge is -2.24. The summed E-state index contributed by atoms with van der Waals surface area (Å²) in [4.78, 5) is 13.5. The molecule has 0 bridgehead atoms. The Labute approximate surface area is 258 Å². The minimum Gasteiger partial charge on any atom is -0.492 e. The van der Waals surface area contributed by atoms with E-state index in [1.807, 2.05) is 65.0 Å². The standard InChI is InChI=1S/C32H39N7O4S/c1-20-13-14-22(31(40)36-27-16-23(32(3,4)5)17-28(30(27)43-6)37-44(7,41)42)15-29(20)38(34)19-26(33)25-18-35-39(21(25)2)24-11-9-8-10-12-24/h8-19,37H,33-34H2,1-7H3,(H,36,40)/b26-19-. The molecule has 1 amide bonds. The van der Waals surface area contributed by atoms with Crippen molar-refractivity contribution in [2.24, 2.45) is 11.6 Å². The molecule has 232 valence electrons. The maximum Gasteiger partial charge on any atom is 0.255 e. The van der Waals surface area contributed by atoms with E-state index in [1.165, 1.54) is 12.1 Å². The summed E-state index contributed by atoms with van der Waals surface area (Å²) < 4.78 is 34.0. The van der Waals surface area contributed by atoms with E-state index in [2.05, 4.69) is 15.1 Å². The lowest BCUT2D eigenvalue weighted by atomic mass is 9.86. The van der Waals surface area contributed by atoms with Crippen LogP contribution in [0, 0.1) is 13.8 Å². The average Bonchev–Trinajstić information content (AvgIpc) is 3.33. The number of rotatable bonds is 9. The van der Waals surface area contributed by atoms with Crippen molar-refractivity contribution < 1.29 is 17.9 Å². The van der Waals surface area contributed by atoms with Crippen LogP contribution in [0.1, 0.15) is 53.5 Å². The van der Waals surface area contributed by atoms with E-state index in [0.717, 1.165) is 34.3 Å². The second-order valence-corrected chi connectivity index (χ2v) is 13.3. The number of hydrazine groups is 1. The molecule has 1 heterocycles. The topological polar surface area (TPSA) is 158 Å². The van der Waals surface area contributed by atoms with Gasteiger partial charge in [-0.2, -0.15) is 5.10 Å². The van der Waals surface area contributed by atoms with Crippen molar-refractivity contribution in [3.8, 4) is 11.4 Å². The number of aromatic nitrogens is 2. The minimum absolute atomic E-state index is 0.187. The summed E-state index contributed by atoms with van der Waals surface area (Å²) in [7, 11) is -2.21. The Morgan fingerprint density at radius 2 is 1.70 bits per heavy atom. The quantitative estimate of drug-likeness (QED) is 0.150. The lowest BCUT2D eigenvalue weighted by molar-refractivity contribution is 0.102. The number of nitrogens with one attached hydrogen (secondary N) is 2. The first kappa shape index (κ1) is 32.1. The molecule has 1 aromatic heterocycles. The van der Waals surface area contributed by atoms with E-state index in [1.54, 1.807) is 47.4 Å². The summed E-state index contributed by atoms with van der Waals surface area (Å²) in [5, 5.41) is 8.73. The number of hydrogen-bond donors (Lipinski definition) is 4. The lowest BCUT2D eigenvalue weighted by Crippen LogP contribution is -2.27. The number of nitrogens with two attached hydrogens (primary N) is 2. The highest BCUT2D eigenvalue weighted by Gasteiger charge is 2.23. The van der Waals surface area contributed by atoms with Crippen LogP contribution in [-0.2, 0) is 15.4 Å². The number of hydrogen-bond acceptors (Lipinski definition) is 8. The molecule has 0 atom stereocenters. The monoisotopic (exact) mass is 617 g/mol. The van der Waals surface area contributed by atoms with E-state index in [4.69, 9.17) is 16.3 Å². The van der Waals surface area contributed by atoms with Gasteiger partial charge in [-0.05, 0) is 66.8 Å². The molecule has 0 spiro atoms. The number of para-hydroxylation sites is 1. The normalized spacial score (nSPS) is 12.1. The summed E-state index contributed by atoms with van der Waals surface area (Å²) in [6.45, 7) is 9.76. The summed E-state index contributed by atoms with van der Waals surface area (Å²) in [5.74, 6) is 6.20. The zero-order chi connectivity index (χ0) is 32.4. The van der Waals surface area contributed by atoms with Gasteiger partial charge in [0.2, 0.25) is 10.0 Å². The summed E-state index contributed by atoms with van der Waals surface area (Å²) in [6.07, 6.45) is 4.33. The third-order valence-corrected chi connectivity index (χ3v) is 7.64. The Hall–Kier alpha value is -4.81. The van der Waals surface area contributed by atoms with Gasteiger partial charge in [0.05, 0.1) is 53.7 Å². The fourth-order valence-corrected chi connectivity index (χ4v) is 5.24. The predicted octanol–water partition coefficient (Wildman–Crippen LogP) is 5.06. The van der Waals surface area contributed by atoms with Gasteiger partial charge in [0.15, 0.2) is 5.75 Å². The molecule has 0 aliphatic heterocycles. The number of ether oxygens (including phenoxy) is 1. The molecule has 0 fully saturated rings. The molecule has 44 heavy (non-hydrogen) atoms. The molecule has 6 N–H and O–H groups in total. The fraction of sp³-hybridized carbons (Fsp3) is 0.250. The van der Waals surface area contributed by atoms with Crippen molar-refractivity contribution in [3.05, 3.63) is 101 Å². The molecule has 3 aromatic carbocycles. The number of anilines is 3. The van der Waals surface area contributed by atoms with Crippen LogP contribution in [0.2, 0.25) is 0 Å². The number of nitrogens with zero attached hydrogens (tertiary/aromatic N) is 3. The molecular weight excluding hydrogens is 578 g/mol. The second kappa shape index (κ2) is 12.4. The van der Waals surface area contributed by atoms with E-state index in [-0.39, 0.29) is 16.9 Å². The third kappa shape index (κ3) is 7.21. The molecular formula is C32H39N7O4S. The van der Waals surface area contributed by atoms with Crippen molar-refractivity contribution in [2.75, 3.05) is 28.4 Å². The molecule has 0 aliphatic rings. The van der Waals surface area contributed by atoms with Crippen LogP contribution in [0.15, 0.2) is 73.1 Å². The first-order valence-electron chi connectivity index (χ1n) is 13.8. The van der Waals surface area contributed by atoms with Crippen LogP contribution in [0.25, 0.3) is 11.4 Å². The van der Waals surface area contributed by atoms with Crippen molar-refractivity contribution >= 4 is 38.7 Å². The van der Waals surface area contributed by atoms with Crippen LogP contribution >= 0.6 is 0 Å². The fourth-order valence-electron chi connectivity index (χ4n) is 4.68. The second-order valence-electron chi connectivity index (χ2n) is 11.6. The highest BCUT2D eigenvalue weighted by Crippen LogP contribution is 2.39. The highest BCUT2D eigenvalue weighted by atomic mass is 32.2. The number of carbonyl (C=O) groups is 1. The predicted molar refractivity (Wildman–Crippen MR) is 176 cm³/mol. The Kier molecular flexibility index (Phi) is 9.07. The molecule has 0 aliphatic carbocycles. The number of amides is 1. The van der Waals surface area contributed by atoms with Gasteiger partial charge in [0.25, 0.3) is 5.91 Å². The molecule has 4 rings (SSSR count). The van der Waals surface area contributed by atoms with Crippen molar-refractivity contribution in [1.29, 1.82) is 0 Å². The van der Waals surface area contributed by atoms with Gasteiger partial charge >= 0.3 is 0 Å². The Bertz CT molecular complexity index is 1830. The van der Waals surface area contributed by atoms with E-state index < -0.39 is 15.9 Å². The van der Waals surface area contributed by atoms with Gasteiger partial charge in [0, 0.05) is 17.3 Å². The molecule has 12 heteroatoms. The van der Waals surface area contributed by atoms with Crippen molar-refractivity contribution in [3.63, 3.8) is 0 Å². The zero-order valence-electron chi connectivity index (χ0n) is 26.0. The maximum absolute atomic E-state index is 13.5. The van der Waals surface area contributed by atoms with Crippen molar-refractivity contribution in [1.82, 2.24) is 9.78 Å². The number of methoxy groups -OCH3 is 1. The summed E-state index contributed by atoms with van der Waals surface area (Å²) >= 11 is 0. The van der Waals surface area contributed by atoms with Crippen LogP contribution in [0.5, 0.6) is 5.75 Å². The maximum atomic E-state index is 13.5.